The molecule has 0 N–H and O–H groups in total. The Morgan fingerprint density at radius 3 is 2.61 bits per heavy atom. The van der Waals surface area contributed by atoms with Crippen molar-refractivity contribution in [2.75, 3.05) is 0 Å². The molecule has 0 aliphatic rings. The van der Waals surface area contributed by atoms with Crippen molar-refractivity contribution in [2.24, 2.45) is 0 Å². The van der Waals surface area contributed by atoms with Gasteiger partial charge in [-0.15, -0.1) is 18.3 Å². The van der Waals surface area contributed by atoms with Crippen molar-refractivity contribution in [3.05, 3.63) is 59.4 Å². The lowest BCUT2D eigenvalue weighted by Crippen LogP contribution is -2.17. The molecule has 0 atom stereocenters. The lowest BCUT2D eigenvalue weighted by atomic mass is 10.2. The fourth-order valence-electron chi connectivity index (χ4n) is 2.75. The summed E-state index contributed by atoms with van der Waals surface area (Å²) in [6.07, 6.45) is 0.469. The Bertz CT molecular complexity index is 1170. The third-order valence-electron chi connectivity index (χ3n) is 4.05. The minimum atomic E-state index is -4.73. The SMILES string of the molecule is Cc1ncc(C)n2nc(/C=C/c3ccc4cc(OC(F)(F)F)ccc4n3)nc12. The van der Waals surface area contributed by atoms with Crippen molar-refractivity contribution in [2.45, 2.75) is 20.2 Å². The van der Waals surface area contributed by atoms with E-state index in [2.05, 4.69) is 24.8 Å². The van der Waals surface area contributed by atoms with Crippen LogP contribution in [-0.2, 0) is 0 Å². The molecule has 0 bridgehead atoms. The Balaban J connectivity index is 1.62. The summed E-state index contributed by atoms with van der Waals surface area (Å²) in [5.41, 5.74) is 3.51. The van der Waals surface area contributed by atoms with E-state index in [1.807, 2.05) is 13.8 Å². The molecule has 0 saturated heterocycles. The van der Waals surface area contributed by atoms with Crippen molar-refractivity contribution in [1.29, 1.82) is 0 Å². The zero-order chi connectivity index (χ0) is 19.9. The first-order chi connectivity index (χ1) is 13.3. The largest absolute Gasteiger partial charge is 0.573 e. The molecule has 6 nitrogen and oxygen atoms in total. The van der Waals surface area contributed by atoms with Crippen LogP contribution in [0, 0.1) is 13.8 Å². The van der Waals surface area contributed by atoms with Crippen LogP contribution in [-0.4, -0.2) is 30.9 Å². The average molecular weight is 385 g/mol. The highest BCUT2D eigenvalue weighted by Gasteiger charge is 2.31. The van der Waals surface area contributed by atoms with Gasteiger partial charge in [-0.3, -0.25) is 4.98 Å². The maximum absolute atomic E-state index is 12.3. The normalized spacial score (nSPS) is 12.3. The molecule has 0 saturated carbocycles. The first kappa shape index (κ1) is 17.9. The molecule has 4 aromatic rings. The number of hydrogen-bond acceptors (Lipinski definition) is 5. The maximum atomic E-state index is 12.3. The number of nitrogens with zero attached hydrogens (tertiary/aromatic N) is 5. The zero-order valence-corrected chi connectivity index (χ0v) is 14.9. The number of aromatic nitrogens is 5. The van der Waals surface area contributed by atoms with Gasteiger partial charge < -0.3 is 4.74 Å². The van der Waals surface area contributed by atoms with Gasteiger partial charge in [0.05, 0.1) is 22.6 Å². The number of alkyl halides is 3. The minimum Gasteiger partial charge on any atom is -0.406 e. The molecule has 9 heteroatoms. The number of aryl methyl sites for hydroxylation is 2. The van der Waals surface area contributed by atoms with E-state index in [4.69, 9.17) is 0 Å². The van der Waals surface area contributed by atoms with Crippen molar-refractivity contribution in [1.82, 2.24) is 24.6 Å². The molecule has 1 aromatic carbocycles. The van der Waals surface area contributed by atoms with Crippen molar-refractivity contribution >= 4 is 28.7 Å². The summed E-state index contributed by atoms with van der Waals surface area (Å²) in [6, 6.07) is 7.39. The van der Waals surface area contributed by atoms with Gasteiger partial charge in [0.15, 0.2) is 11.5 Å². The second-order valence-corrected chi connectivity index (χ2v) is 6.16. The highest BCUT2D eigenvalue weighted by Crippen LogP contribution is 2.26. The van der Waals surface area contributed by atoms with Crippen LogP contribution in [0.2, 0.25) is 0 Å². The summed E-state index contributed by atoms with van der Waals surface area (Å²) in [4.78, 5) is 13.1. The van der Waals surface area contributed by atoms with E-state index < -0.39 is 6.36 Å². The molecule has 142 valence electrons. The molecule has 0 fully saturated rings. The summed E-state index contributed by atoms with van der Waals surface area (Å²) in [7, 11) is 0. The second-order valence-electron chi connectivity index (χ2n) is 6.16. The van der Waals surface area contributed by atoms with E-state index >= 15 is 0 Å². The topological polar surface area (TPSA) is 65.2 Å². The maximum Gasteiger partial charge on any atom is 0.573 e. The van der Waals surface area contributed by atoms with E-state index in [9.17, 15) is 13.2 Å². The number of pyridine rings is 1. The Morgan fingerprint density at radius 2 is 1.86 bits per heavy atom. The predicted molar refractivity (Wildman–Crippen MR) is 97.6 cm³/mol. The van der Waals surface area contributed by atoms with Gasteiger partial charge in [-0.25, -0.2) is 14.5 Å². The highest BCUT2D eigenvalue weighted by atomic mass is 19.4. The Morgan fingerprint density at radius 1 is 1.04 bits per heavy atom. The van der Waals surface area contributed by atoms with Crippen molar-refractivity contribution < 1.29 is 17.9 Å². The van der Waals surface area contributed by atoms with Crippen LogP contribution in [0.15, 0.2) is 36.5 Å². The van der Waals surface area contributed by atoms with Crippen LogP contribution in [0.3, 0.4) is 0 Å². The van der Waals surface area contributed by atoms with E-state index in [1.165, 1.54) is 18.2 Å². The molecule has 0 radical (unpaired) electrons. The molecule has 0 aliphatic heterocycles. The van der Waals surface area contributed by atoms with Gasteiger partial charge in [0, 0.05) is 11.6 Å². The van der Waals surface area contributed by atoms with Crippen LogP contribution in [0.4, 0.5) is 13.2 Å². The third kappa shape index (κ3) is 3.64. The molecule has 0 spiro atoms. The number of benzene rings is 1. The average Bonchev–Trinajstić information content (AvgIpc) is 3.07. The molecule has 28 heavy (non-hydrogen) atoms. The molecule has 0 unspecified atom stereocenters. The van der Waals surface area contributed by atoms with Gasteiger partial charge in [-0.2, -0.15) is 0 Å². The van der Waals surface area contributed by atoms with E-state index in [0.29, 0.717) is 28.1 Å². The standard InChI is InChI=1S/C19H14F3N5O/c1-11-10-23-12(2)18-25-17(26-27(11)18)8-5-14-4-3-13-9-15(28-19(20,21)22)6-7-16(13)24-14/h3-10H,1-2H3/b8-5+. The number of ether oxygens (including phenoxy) is 1. The summed E-state index contributed by atoms with van der Waals surface area (Å²) in [6.45, 7) is 3.75. The molecule has 3 heterocycles. The first-order valence-corrected chi connectivity index (χ1v) is 8.32. The highest BCUT2D eigenvalue weighted by molar-refractivity contribution is 5.82. The van der Waals surface area contributed by atoms with Gasteiger partial charge in [-0.1, -0.05) is 6.07 Å². The predicted octanol–water partition coefficient (Wildman–Crippen LogP) is 4.36. The number of fused-ring (bicyclic) bond motifs is 2. The smallest absolute Gasteiger partial charge is 0.406 e. The Labute approximate surface area is 157 Å². The van der Waals surface area contributed by atoms with E-state index in [1.54, 1.807) is 35.0 Å². The van der Waals surface area contributed by atoms with Crippen LogP contribution in [0.1, 0.15) is 22.9 Å². The Kier molecular flexibility index (Phi) is 4.21. The van der Waals surface area contributed by atoms with Gasteiger partial charge in [0.25, 0.3) is 0 Å². The fourth-order valence-corrected chi connectivity index (χ4v) is 2.75. The lowest BCUT2D eigenvalue weighted by Gasteiger charge is -2.09. The third-order valence-corrected chi connectivity index (χ3v) is 4.05. The van der Waals surface area contributed by atoms with Gasteiger partial charge in [-0.05, 0) is 50.3 Å². The molecular formula is C19H14F3N5O. The molecular weight excluding hydrogens is 371 g/mol. The fraction of sp³-hybridized carbons (Fsp3) is 0.158. The first-order valence-electron chi connectivity index (χ1n) is 8.32. The van der Waals surface area contributed by atoms with Crippen molar-refractivity contribution in [3.8, 4) is 5.75 Å². The summed E-state index contributed by atoms with van der Waals surface area (Å²) < 4.78 is 42.6. The van der Waals surface area contributed by atoms with Gasteiger partial charge in [0.1, 0.15) is 5.75 Å². The Hall–Kier alpha value is -3.49. The van der Waals surface area contributed by atoms with Gasteiger partial charge in [0.2, 0.25) is 0 Å². The summed E-state index contributed by atoms with van der Waals surface area (Å²) in [5.74, 6) is 0.230. The second kappa shape index (κ2) is 6.59. The zero-order valence-electron chi connectivity index (χ0n) is 14.9. The molecule has 0 aliphatic carbocycles. The quantitative estimate of drug-likeness (QED) is 0.524. The monoisotopic (exact) mass is 385 g/mol. The summed E-state index contributed by atoms with van der Waals surface area (Å²) in [5, 5.41) is 4.97. The molecule has 3 aromatic heterocycles. The number of rotatable bonds is 3. The van der Waals surface area contributed by atoms with E-state index in [0.717, 1.165) is 11.4 Å². The molecule has 0 amide bonds. The molecule has 4 rings (SSSR count). The van der Waals surface area contributed by atoms with Gasteiger partial charge >= 0.3 is 6.36 Å². The van der Waals surface area contributed by atoms with Crippen LogP contribution < -0.4 is 4.74 Å². The number of hydrogen-bond donors (Lipinski definition) is 0. The van der Waals surface area contributed by atoms with Crippen LogP contribution in [0.5, 0.6) is 5.75 Å². The van der Waals surface area contributed by atoms with Crippen molar-refractivity contribution in [3.63, 3.8) is 0 Å². The number of halogens is 3. The van der Waals surface area contributed by atoms with E-state index in [-0.39, 0.29) is 5.75 Å². The lowest BCUT2D eigenvalue weighted by molar-refractivity contribution is -0.274. The minimum absolute atomic E-state index is 0.279. The van der Waals surface area contributed by atoms with Crippen LogP contribution >= 0.6 is 0 Å². The summed E-state index contributed by atoms with van der Waals surface area (Å²) >= 11 is 0. The van der Waals surface area contributed by atoms with Crippen LogP contribution in [0.25, 0.3) is 28.7 Å².